The second-order valence-corrected chi connectivity index (χ2v) is 12.6. The van der Waals surface area contributed by atoms with E-state index in [4.69, 9.17) is 34.8 Å². The first-order valence-corrected chi connectivity index (χ1v) is 9.54. The third-order valence-electron chi connectivity index (χ3n) is 1.96. The summed E-state index contributed by atoms with van der Waals surface area (Å²) in [6.45, 7) is 0. The maximum absolute atomic E-state index is 6.03. The zero-order valence-corrected chi connectivity index (χ0v) is 13.7. The van der Waals surface area contributed by atoms with E-state index in [1.807, 2.05) is 49.1 Å². The molecule has 0 aliphatic heterocycles. The van der Waals surface area contributed by atoms with Gasteiger partial charge in [0, 0.05) is 0 Å². The van der Waals surface area contributed by atoms with E-state index in [1.165, 1.54) is 0 Å². The summed E-state index contributed by atoms with van der Waals surface area (Å²) in [4.78, 5) is 0. The molecule has 0 saturated carbocycles. The number of nitrogens with one attached hydrogen (secondary N) is 1. The van der Waals surface area contributed by atoms with Crippen molar-refractivity contribution in [3.05, 3.63) is 30.3 Å². The van der Waals surface area contributed by atoms with Gasteiger partial charge in [-0.1, -0.05) is 0 Å². The second kappa shape index (κ2) is 5.63. The molecule has 1 atom stereocenters. The van der Waals surface area contributed by atoms with Gasteiger partial charge in [-0.3, -0.25) is 0 Å². The molecule has 7 heteroatoms. The molecule has 1 unspecified atom stereocenters. The van der Waals surface area contributed by atoms with Gasteiger partial charge in [-0.05, 0) is 0 Å². The van der Waals surface area contributed by atoms with Gasteiger partial charge >= 0.3 is 119 Å². The Balaban J connectivity index is 3.03. The van der Waals surface area contributed by atoms with E-state index in [9.17, 15) is 0 Å². The van der Waals surface area contributed by atoms with Crippen molar-refractivity contribution in [2.45, 2.75) is 3.53 Å². The van der Waals surface area contributed by atoms with Crippen molar-refractivity contribution in [1.82, 2.24) is 4.67 Å². The minimum absolute atomic E-state index is 0.926. The minimum atomic E-state index is -2.19. The molecule has 2 nitrogen and oxygen atoms in total. The van der Waals surface area contributed by atoms with Gasteiger partial charge in [0.25, 0.3) is 0 Å². The van der Waals surface area contributed by atoms with Crippen LogP contribution >= 0.6 is 40.6 Å². The molecule has 0 saturated heterocycles. The number of anilines is 1. The van der Waals surface area contributed by atoms with Crippen LogP contribution in [0.15, 0.2) is 30.3 Å². The molecule has 1 aromatic rings. The van der Waals surface area contributed by atoms with E-state index in [2.05, 4.69) is 20.2 Å². The van der Waals surface area contributed by atoms with Gasteiger partial charge in [-0.2, -0.15) is 0 Å². The van der Waals surface area contributed by atoms with E-state index in [-0.39, 0.29) is 0 Å². The average Bonchev–Trinajstić information content (AvgIpc) is 2.17. The number of benzene rings is 1. The molecule has 90 valence electrons. The first kappa shape index (κ1) is 14.9. The Bertz CT molecular complexity index is 391. The molecule has 1 aromatic carbocycles. The monoisotopic (exact) mass is 364 g/mol. The number of rotatable bonds is 3. The second-order valence-electron chi connectivity index (χ2n) is 3.37. The number of alkyl halides is 3. The maximum atomic E-state index is 6.03. The van der Waals surface area contributed by atoms with Crippen LogP contribution in [0.2, 0.25) is 0 Å². The standard InChI is InChI=1S/C9H12Cl3N2PSe/c1-14(2)15(16,9(10,11)12)13-8-6-4-3-5-7-8/h3-7H,1-2H3,(H,13,16). The third kappa shape index (κ3) is 3.40. The van der Waals surface area contributed by atoms with Crippen LogP contribution < -0.4 is 5.09 Å². The Kier molecular flexibility index (Phi) is 5.23. The van der Waals surface area contributed by atoms with Crippen molar-refractivity contribution in [3.63, 3.8) is 0 Å². The van der Waals surface area contributed by atoms with E-state index in [0.717, 1.165) is 5.69 Å². The van der Waals surface area contributed by atoms with Crippen molar-refractivity contribution >= 4 is 61.4 Å². The molecule has 0 radical (unpaired) electrons. The van der Waals surface area contributed by atoms with Gasteiger partial charge in [-0.15, -0.1) is 0 Å². The molecule has 0 aromatic heterocycles. The quantitative estimate of drug-likeness (QED) is 0.497. The van der Waals surface area contributed by atoms with E-state index in [0.29, 0.717) is 0 Å². The molecular formula is C9H12Cl3N2PSe. The SMILES string of the molecule is CN(C)P(=[Se])(Nc1ccccc1)C(Cl)(Cl)Cl. The number of nitrogens with zero attached hydrogens (tertiary/aromatic N) is 1. The van der Waals surface area contributed by atoms with Crippen LogP contribution in [0.25, 0.3) is 0 Å². The van der Waals surface area contributed by atoms with Crippen molar-refractivity contribution in [2.24, 2.45) is 0 Å². The predicted octanol–water partition coefficient (Wildman–Crippen LogP) is 3.92. The molecule has 0 amide bonds. The molecule has 1 rings (SSSR count). The number of hydrogen-bond donors (Lipinski definition) is 1. The fraction of sp³-hybridized carbons (Fsp3) is 0.333. The Labute approximate surface area is 119 Å². The van der Waals surface area contributed by atoms with Crippen LogP contribution in [0.1, 0.15) is 0 Å². The summed E-state index contributed by atoms with van der Waals surface area (Å²) in [6, 6.07) is 9.68. The molecule has 0 fully saturated rings. The fourth-order valence-corrected chi connectivity index (χ4v) is 4.76. The average molecular weight is 365 g/mol. The number of halogens is 3. The normalized spacial score (nSPS) is 15.9. The molecule has 0 aliphatic carbocycles. The van der Waals surface area contributed by atoms with Crippen LogP contribution in [-0.2, 0) is 0 Å². The first-order valence-electron chi connectivity index (χ1n) is 4.45. The number of hydrogen-bond acceptors (Lipinski definition) is 2. The van der Waals surface area contributed by atoms with E-state index in [1.54, 1.807) is 0 Å². The van der Waals surface area contributed by atoms with Gasteiger partial charge in [0.2, 0.25) is 0 Å². The fourth-order valence-electron chi connectivity index (χ4n) is 1.08. The summed E-state index contributed by atoms with van der Waals surface area (Å²) in [5, 5.41) is 3.28. The Morgan fingerprint density at radius 3 is 2.06 bits per heavy atom. The molecule has 16 heavy (non-hydrogen) atoms. The molecule has 0 heterocycles. The number of para-hydroxylation sites is 1. The van der Waals surface area contributed by atoms with Gasteiger partial charge < -0.3 is 0 Å². The van der Waals surface area contributed by atoms with Crippen LogP contribution in [0, 0.1) is 0 Å². The first-order chi connectivity index (χ1) is 7.27. The zero-order valence-electron chi connectivity index (χ0n) is 8.82. The summed E-state index contributed by atoms with van der Waals surface area (Å²) >= 11 is 21.1. The Hall–Kier alpha value is 0.799. The Morgan fingerprint density at radius 1 is 1.19 bits per heavy atom. The summed E-state index contributed by atoms with van der Waals surface area (Å²) in [7, 11) is 3.75. The summed E-state index contributed by atoms with van der Waals surface area (Å²) in [5.41, 5.74) is 0.926. The van der Waals surface area contributed by atoms with Crippen molar-refractivity contribution in [2.75, 3.05) is 19.2 Å². The van der Waals surface area contributed by atoms with Gasteiger partial charge in [0.1, 0.15) is 0 Å². The summed E-state index contributed by atoms with van der Waals surface area (Å²) < 4.78 is 0.513. The molecular weight excluding hydrogens is 352 g/mol. The zero-order chi connectivity index (χ0) is 12.4. The van der Waals surface area contributed by atoms with Gasteiger partial charge in [0.05, 0.1) is 0 Å². The third-order valence-corrected chi connectivity index (χ3v) is 12.9. The van der Waals surface area contributed by atoms with Crippen LogP contribution in [0.3, 0.4) is 0 Å². The summed E-state index contributed by atoms with van der Waals surface area (Å²) in [5.74, 6) is -2.19. The van der Waals surface area contributed by atoms with Gasteiger partial charge in [-0.25, -0.2) is 0 Å². The van der Waals surface area contributed by atoms with Gasteiger partial charge in [0.15, 0.2) is 0 Å². The Morgan fingerprint density at radius 2 is 1.69 bits per heavy atom. The van der Waals surface area contributed by atoms with Crippen molar-refractivity contribution < 1.29 is 0 Å². The molecule has 1 N–H and O–H groups in total. The molecule has 0 aliphatic rings. The summed E-state index contributed by atoms with van der Waals surface area (Å²) in [6.07, 6.45) is 0. The predicted molar refractivity (Wildman–Crippen MR) is 76.7 cm³/mol. The van der Waals surface area contributed by atoms with Crippen molar-refractivity contribution in [3.8, 4) is 0 Å². The molecule has 0 spiro atoms. The van der Waals surface area contributed by atoms with E-state index >= 15 is 0 Å². The molecule has 0 bridgehead atoms. The van der Waals surface area contributed by atoms with Crippen LogP contribution in [0.4, 0.5) is 5.69 Å². The topological polar surface area (TPSA) is 15.3 Å². The van der Waals surface area contributed by atoms with E-state index < -0.39 is 9.34 Å². The van der Waals surface area contributed by atoms with Crippen LogP contribution in [-0.4, -0.2) is 37.4 Å². The van der Waals surface area contributed by atoms with Crippen molar-refractivity contribution in [1.29, 1.82) is 0 Å². The van der Waals surface area contributed by atoms with Crippen LogP contribution in [0.5, 0.6) is 0 Å².